The lowest BCUT2D eigenvalue weighted by molar-refractivity contribution is -0.119. The molecule has 62 valence electrons. The van der Waals surface area contributed by atoms with E-state index in [9.17, 15) is 4.79 Å². The van der Waals surface area contributed by atoms with E-state index in [4.69, 9.17) is 0 Å². The number of ketones is 1. The van der Waals surface area contributed by atoms with Crippen molar-refractivity contribution >= 4 is 5.78 Å². The fraction of sp³-hybridized carbons (Fsp3) is 0.889. The van der Waals surface area contributed by atoms with Crippen LogP contribution in [0.5, 0.6) is 0 Å². The normalized spacial score (nSPS) is 23.6. The van der Waals surface area contributed by atoms with E-state index in [1.165, 1.54) is 12.8 Å². The van der Waals surface area contributed by atoms with E-state index in [1.807, 2.05) is 0 Å². The Balaban J connectivity index is 1.53. The van der Waals surface area contributed by atoms with Gasteiger partial charge in [-0.05, 0) is 38.1 Å². The van der Waals surface area contributed by atoms with Crippen LogP contribution in [0.4, 0.5) is 0 Å². The van der Waals surface area contributed by atoms with Gasteiger partial charge in [0, 0.05) is 5.92 Å². The van der Waals surface area contributed by atoms with Crippen LogP contribution in [0.25, 0.3) is 0 Å². The number of Topliss-reactive ketones (excluding diaryl/α,β-unsaturated/α-hetero) is 1. The second kappa shape index (κ2) is 2.94. The average Bonchev–Trinajstić information content (AvgIpc) is 2.85. The van der Waals surface area contributed by atoms with Crippen LogP contribution in [-0.2, 0) is 4.79 Å². The number of carbonyl (C=O) groups excluding carboxylic acids is 1. The first-order valence-corrected chi connectivity index (χ1v) is 4.59. The summed E-state index contributed by atoms with van der Waals surface area (Å²) in [7, 11) is 0. The maximum atomic E-state index is 11.1. The molecular formula is C9H15NO. The van der Waals surface area contributed by atoms with Crippen LogP contribution >= 0.6 is 0 Å². The van der Waals surface area contributed by atoms with E-state index in [1.54, 1.807) is 0 Å². The summed E-state index contributed by atoms with van der Waals surface area (Å²) in [6.07, 6.45) is 5.02. The molecule has 2 rings (SSSR count). The van der Waals surface area contributed by atoms with Crippen molar-refractivity contribution in [2.24, 2.45) is 11.8 Å². The first-order chi connectivity index (χ1) is 5.36. The van der Waals surface area contributed by atoms with E-state index in [0.717, 1.165) is 25.3 Å². The topological polar surface area (TPSA) is 29.1 Å². The Morgan fingerprint density at radius 1 is 1.27 bits per heavy atom. The van der Waals surface area contributed by atoms with Crippen molar-refractivity contribution in [3.63, 3.8) is 0 Å². The zero-order valence-corrected chi connectivity index (χ0v) is 6.81. The van der Waals surface area contributed by atoms with Crippen LogP contribution in [0, 0.1) is 11.8 Å². The monoisotopic (exact) mass is 153 g/mol. The molecule has 0 aromatic heterocycles. The minimum atomic E-state index is 0.432. The highest BCUT2D eigenvalue weighted by Crippen LogP contribution is 2.30. The van der Waals surface area contributed by atoms with Gasteiger partial charge in [0.05, 0.1) is 6.54 Å². The van der Waals surface area contributed by atoms with Gasteiger partial charge in [0.1, 0.15) is 5.78 Å². The van der Waals surface area contributed by atoms with Gasteiger partial charge in [-0.2, -0.15) is 0 Å². The number of carbonyl (C=O) groups is 1. The number of nitrogens with one attached hydrogen (secondary N) is 1. The Hall–Kier alpha value is -0.370. The van der Waals surface area contributed by atoms with Crippen molar-refractivity contribution in [2.75, 3.05) is 13.1 Å². The van der Waals surface area contributed by atoms with Crippen molar-refractivity contribution in [3.05, 3.63) is 0 Å². The predicted octanol–water partition coefficient (Wildman–Crippen LogP) is 0.965. The van der Waals surface area contributed by atoms with Gasteiger partial charge in [-0.15, -0.1) is 0 Å². The molecule has 0 bridgehead atoms. The summed E-state index contributed by atoms with van der Waals surface area (Å²) >= 11 is 0. The van der Waals surface area contributed by atoms with Crippen LogP contribution in [0.1, 0.15) is 25.7 Å². The Kier molecular flexibility index (Phi) is 1.95. The van der Waals surface area contributed by atoms with Gasteiger partial charge in [-0.25, -0.2) is 0 Å². The van der Waals surface area contributed by atoms with Gasteiger partial charge in [0.15, 0.2) is 0 Å². The Bertz CT molecular complexity index is 159. The van der Waals surface area contributed by atoms with Crippen LogP contribution in [0.3, 0.4) is 0 Å². The van der Waals surface area contributed by atoms with Crippen molar-refractivity contribution in [1.29, 1.82) is 0 Å². The summed E-state index contributed by atoms with van der Waals surface area (Å²) < 4.78 is 0. The molecule has 0 spiro atoms. The first-order valence-electron chi connectivity index (χ1n) is 4.59. The molecule has 0 radical (unpaired) electrons. The molecule has 0 unspecified atom stereocenters. The number of rotatable bonds is 5. The second-order valence-corrected chi connectivity index (χ2v) is 3.81. The van der Waals surface area contributed by atoms with E-state index in [2.05, 4.69) is 5.32 Å². The maximum Gasteiger partial charge on any atom is 0.149 e. The summed E-state index contributed by atoms with van der Waals surface area (Å²) in [6, 6.07) is 0. The first kappa shape index (κ1) is 7.29. The van der Waals surface area contributed by atoms with Gasteiger partial charge < -0.3 is 5.32 Å². The minimum Gasteiger partial charge on any atom is -0.310 e. The third kappa shape index (κ3) is 2.29. The number of hydrogen-bond donors (Lipinski definition) is 1. The molecule has 2 heteroatoms. The van der Waals surface area contributed by atoms with Crippen LogP contribution in [0.2, 0.25) is 0 Å². The molecule has 11 heavy (non-hydrogen) atoms. The summed E-state index contributed by atoms with van der Waals surface area (Å²) in [4.78, 5) is 11.1. The highest BCUT2D eigenvalue weighted by Gasteiger charge is 2.29. The third-order valence-electron chi connectivity index (χ3n) is 2.46. The molecule has 0 atom stereocenters. The summed E-state index contributed by atoms with van der Waals surface area (Å²) in [5, 5.41) is 3.22. The Morgan fingerprint density at radius 3 is 2.55 bits per heavy atom. The minimum absolute atomic E-state index is 0.432. The maximum absolute atomic E-state index is 11.1. The van der Waals surface area contributed by atoms with Gasteiger partial charge >= 0.3 is 0 Å². The lowest BCUT2D eigenvalue weighted by atomic mass is 10.2. The van der Waals surface area contributed by atoms with E-state index >= 15 is 0 Å². The van der Waals surface area contributed by atoms with Crippen molar-refractivity contribution in [1.82, 2.24) is 5.32 Å². The molecule has 2 fully saturated rings. The summed E-state index contributed by atoms with van der Waals surface area (Å²) in [5.41, 5.74) is 0. The molecule has 2 aliphatic carbocycles. The van der Waals surface area contributed by atoms with E-state index < -0.39 is 0 Å². The molecule has 2 nitrogen and oxygen atoms in total. The van der Waals surface area contributed by atoms with Crippen LogP contribution in [-0.4, -0.2) is 18.9 Å². The molecule has 0 saturated heterocycles. The van der Waals surface area contributed by atoms with Crippen LogP contribution < -0.4 is 5.32 Å². The van der Waals surface area contributed by atoms with Gasteiger partial charge in [0.25, 0.3) is 0 Å². The molecule has 0 aliphatic heterocycles. The standard InChI is InChI=1S/C9H15NO/c11-9(8-3-4-8)6-10-5-7-1-2-7/h7-8,10H,1-6H2. The molecular weight excluding hydrogens is 138 g/mol. The zero-order valence-electron chi connectivity index (χ0n) is 6.81. The van der Waals surface area contributed by atoms with Crippen molar-refractivity contribution in [3.8, 4) is 0 Å². The lowest BCUT2D eigenvalue weighted by Gasteiger charge is -2.00. The smallest absolute Gasteiger partial charge is 0.149 e. The fourth-order valence-electron chi connectivity index (χ4n) is 1.27. The molecule has 2 aliphatic rings. The Morgan fingerprint density at radius 2 is 2.00 bits per heavy atom. The second-order valence-electron chi connectivity index (χ2n) is 3.81. The molecule has 2 saturated carbocycles. The van der Waals surface area contributed by atoms with Gasteiger partial charge in [-0.1, -0.05) is 0 Å². The largest absolute Gasteiger partial charge is 0.310 e. The quantitative estimate of drug-likeness (QED) is 0.637. The predicted molar refractivity (Wildman–Crippen MR) is 43.3 cm³/mol. The van der Waals surface area contributed by atoms with Crippen LogP contribution in [0.15, 0.2) is 0 Å². The average molecular weight is 153 g/mol. The molecule has 1 N–H and O–H groups in total. The van der Waals surface area contributed by atoms with Gasteiger partial charge in [-0.3, -0.25) is 4.79 Å². The summed E-state index contributed by atoms with van der Waals surface area (Å²) in [5.74, 6) is 1.76. The van der Waals surface area contributed by atoms with E-state index in [0.29, 0.717) is 18.2 Å². The third-order valence-corrected chi connectivity index (χ3v) is 2.46. The summed E-state index contributed by atoms with van der Waals surface area (Å²) in [6.45, 7) is 1.69. The fourth-order valence-corrected chi connectivity index (χ4v) is 1.27. The van der Waals surface area contributed by atoms with Crippen molar-refractivity contribution < 1.29 is 4.79 Å². The molecule has 0 aromatic carbocycles. The highest BCUT2D eigenvalue weighted by atomic mass is 16.1. The number of hydrogen-bond acceptors (Lipinski definition) is 2. The Labute approximate surface area is 67.4 Å². The highest BCUT2D eigenvalue weighted by molar-refractivity contribution is 5.84. The lowest BCUT2D eigenvalue weighted by Crippen LogP contribution is -2.25. The van der Waals surface area contributed by atoms with Gasteiger partial charge in [0.2, 0.25) is 0 Å². The zero-order chi connectivity index (χ0) is 7.68. The SMILES string of the molecule is O=C(CNCC1CC1)C1CC1. The molecule has 0 aromatic rings. The molecule has 0 amide bonds. The van der Waals surface area contributed by atoms with Crippen molar-refractivity contribution in [2.45, 2.75) is 25.7 Å². The van der Waals surface area contributed by atoms with E-state index in [-0.39, 0.29) is 0 Å². The molecule has 0 heterocycles.